The number of benzene rings is 3. The van der Waals surface area contributed by atoms with Crippen molar-refractivity contribution in [2.75, 3.05) is 18.4 Å². The molecule has 0 spiro atoms. The van der Waals surface area contributed by atoms with Crippen LogP contribution < -0.4 is 16.2 Å². The quantitative estimate of drug-likeness (QED) is 0.246. The first kappa shape index (κ1) is 25.2. The van der Waals surface area contributed by atoms with E-state index in [1.165, 1.54) is 17.6 Å². The number of fused-ring (bicyclic) bond motifs is 1. The molecule has 1 aliphatic heterocycles. The minimum Gasteiger partial charge on any atom is -0.324 e. The van der Waals surface area contributed by atoms with Gasteiger partial charge in [-0.15, -0.1) is 0 Å². The van der Waals surface area contributed by atoms with Gasteiger partial charge in [-0.05, 0) is 90.4 Å². The number of aryl methyl sites for hydroxylation is 1. The van der Waals surface area contributed by atoms with Crippen molar-refractivity contribution in [3.8, 4) is 16.8 Å². The average Bonchev–Trinajstić information content (AvgIpc) is 3.74. The van der Waals surface area contributed by atoms with Crippen LogP contribution >= 0.6 is 0 Å². The van der Waals surface area contributed by atoms with E-state index in [0.29, 0.717) is 23.1 Å². The summed E-state index contributed by atoms with van der Waals surface area (Å²) < 4.78 is 1.70. The second kappa shape index (κ2) is 10.6. The predicted octanol–water partition coefficient (Wildman–Crippen LogP) is 6.92. The van der Waals surface area contributed by atoms with E-state index in [1.807, 2.05) is 36.4 Å². The minimum absolute atomic E-state index is 0.112. The number of hydrogen-bond acceptors (Lipinski definition) is 5. The SMILES string of the molecule is Cc1cc(C2=CCC=C2)ccc1-c1cc2cnc(Nc3ccc(C4CCNC4)cc3)nc2n(-c2ccccc2)c1=O. The van der Waals surface area contributed by atoms with Gasteiger partial charge in [0.2, 0.25) is 5.95 Å². The molecule has 2 aliphatic rings. The smallest absolute Gasteiger partial charge is 0.264 e. The molecule has 5 aromatic rings. The predicted molar refractivity (Wildman–Crippen MR) is 167 cm³/mol. The summed E-state index contributed by atoms with van der Waals surface area (Å²) >= 11 is 0. The van der Waals surface area contributed by atoms with Crippen LogP contribution in [0.15, 0.2) is 108 Å². The van der Waals surface area contributed by atoms with Gasteiger partial charge in [-0.2, -0.15) is 4.98 Å². The van der Waals surface area contributed by atoms with Crippen molar-refractivity contribution in [2.45, 2.75) is 25.7 Å². The van der Waals surface area contributed by atoms with Crippen molar-refractivity contribution >= 4 is 28.2 Å². The van der Waals surface area contributed by atoms with Crippen LogP contribution in [0.25, 0.3) is 33.4 Å². The van der Waals surface area contributed by atoms with Crippen LogP contribution in [0, 0.1) is 6.92 Å². The summed E-state index contributed by atoms with van der Waals surface area (Å²) in [5.41, 5.74) is 8.43. The average molecular weight is 538 g/mol. The highest BCUT2D eigenvalue weighted by molar-refractivity contribution is 5.85. The van der Waals surface area contributed by atoms with Crippen molar-refractivity contribution in [2.24, 2.45) is 0 Å². The molecular formula is C35H31N5O. The monoisotopic (exact) mass is 537 g/mol. The van der Waals surface area contributed by atoms with Gasteiger partial charge in [-0.25, -0.2) is 4.98 Å². The Bertz CT molecular complexity index is 1860. The highest BCUT2D eigenvalue weighted by Gasteiger charge is 2.18. The van der Waals surface area contributed by atoms with Gasteiger partial charge in [0, 0.05) is 29.4 Å². The molecule has 1 saturated heterocycles. The molecule has 2 aromatic heterocycles. The number of aromatic nitrogens is 3. The first-order chi connectivity index (χ1) is 20.1. The zero-order valence-electron chi connectivity index (χ0n) is 23.0. The van der Waals surface area contributed by atoms with Crippen LogP contribution in [-0.4, -0.2) is 27.6 Å². The minimum atomic E-state index is -0.112. The largest absolute Gasteiger partial charge is 0.324 e. The summed E-state index contributed by atoms with van der Waals surface area (Å²) in [5, 5.41) is 7.56. The van der Waals surface area contributed by atoms with E-state index in [1.54, 1.807) is 10.8 Å². The summed E-state index contributed by atoms with van der Waals surface area (Å²) in [5.74, 6) is 1.01. The topological polar surface area (TPSA) is 71.8 Å². The molecule has 6 heteroatoms. The third-order valence-electron chi connectivity index (χ3n) is 8.08. The second-order valence-electron chi connectivity index (χ2n) is 10.8. The first-order valence-corrected chi connectivity index (χ1v) is 14.2. The van der Waals surface area contributed by atoms with Crippen LogP contribution in [0.2, 0.25) is 0 Å². The Morgan fingerprint density at radius 2 is 1.83 bits per heavy atom. The Kier molecular flexibility index (Phi) is 6.53. The maximum Gasteiger partial charge on any atom is 0.264 e. The number of hydrogen-bond donors (Lipinski definition) is 2. The summed E-state index contributed by atoms with van der Waals surface area (Å²) in [4.78, 5) is 23.6. The Balaban J connectivity index is 1.30. The number of nitrogens with one attached hydrogen (secondary N) is 2. The zero-order valence-corrected chi connectivity index (χ0v) is 23.0. The molecule has 41 heavy (non-hydrogen) atoms. The molecule has 0 saturated carbocycles. The highest BCUT2D eigenvalue weighted by Crippen LogP contribution is 2.30. The van der Waals surface area contributed by atoms with Gasteiger partial charge in [-0.1, -0.05) is 66.8 Å². The zero-order chi connectivity index (χ0) is 27.8. The van der Waals surface area contributed by atoms with Gasteiger partial charge in [0.05, 0.1) is 5.69 Å². The van der Waals surface area contributed by atoms with Crippen LogP contribution in [0.5, 0.6) is 0 Å². The molecule has 6 nitrogen and oxygen atoms in total. The fourth-order valence-corrected chi connectivity index (χ4v) is 5.89. The lowest BCUT2D eigenvalue weighted by Gasteiger charge is -2.15. The Labute approximate surface area is 239 Å². The molecule has 1 fully saturated rings. The van der Waals surface area contributed by atoms with Gasteiger partial charge in [0.1, 0.15) is 0 Å². The molecule has 3 heterocycles. The summed E-state index contributed by atoms with van der Waals surface area (Å²) in [6, 6.07) is 26.4. The summed E-state index contributed by atoms with van der Waals surface area (Å²) in [6.45, 7) is 4.16. The molecule has 202 valence electrons. The molecule has 0 bridgehead atoms. The fraction of sp³-hybridized carbons (Fsp3) is 0.171. The third kappa shape index (κ3) is 4.87. The van der Waals surface area contributed by atoms with E-state index in [9.17, 15) is 4.79 Å². The van der Waals surface area contributed by atoms with Crippen molar-refractivity contribution in [3.63, 3.8) is 0 Å². The van der Waals surface area contributed by atoms with Gasteiger partial charge >= 0.3 is 0 Å². The number of nitrogens with zero attached hydrogens (tertiary/aromatic N) is 3. The number of para-hydroxylation sites is 1. The standard InChI is InChI=1S/C35H31N5O/c1-23-19-26(24-7-5-6-8-24)13-16-31(23)32-20-28-22-37-35(38-29-14-11-25(12-15-29)27-17-18-36-21-27)39-33(28)40(34(32)41)30-9-3-2-4-10-30/h2-5,7-16,19-20,22,27,36H,6,17-18,21H2,1H3,(H,37,38,39). The molecule has 1 atom stereocenters. The summed E-state index contributed by atoms with van der Waals surface area (Å²) in [6.07, 6.45) is 10.5. The van der Waals surface area contributed by atoms with Crippen molar-refractivity contribution in [3.05, 3.63) is 130 Å². The lowest BCUT2D eigenvalue weighted by Crippen LogP contribution is -2.22. The fourth-order valence-electron chi connectivity index (χ4n) is 5.89. The van der Waals surface area contributed by atoms with Crippen molar-refractivity contribution in [1.82, 2.24) is 19.9 Å². The first-order valence-electron chi connectivity index (χ1n) is 14.2. The Morgan fingerprint density at radius 1 is 0.976 bits per heavy atom. The van der Waals surface area contributed by atoms with E-state index in [2.05, 4.69) is 83.2 Å². The maximum absolute atomic E-state index is 14.2. The van der Waals surface area contributed by atoms with Gasteiger partial charge < -0.3 is 10.6 Å². The molecule has 1 aliphatic carbocycles. The van der Waals surface area contributed by atoms with Crippen LogP contribution in [0.1, 0.15) is 35.4 Å². The molecular weight excluding hydrogens is 506 g/mol. The van der Waals surface area contributed by atoms with E-state index in [4.69, 9.17) is 4.98 Å². The van der Waals surface area contributed by atoms with Gasteiger partial charge in [-0.3, -0.25) is 9.36 Å². The number of pyridine rings is 1. The van der Waals surface area contributed by atoms with Crippen molar-refractivity contribution in [1.29, 1.82) is 0 Å². The summed E-state index contributed by atoms with van der Waals surface area (Å²) in [7, 11) is 0. The lowest BCUT2D eigenvalue weighted by atomic mass is 9.96. The van der Waals surface area contributed by atoms with E-state index < -0.39 is 0 Å². The van der Waals surface area contributed by atoms with Gasteiger partial charge in [0.25, 0.3) is 5.56 Å². The van der Waals surface area contributed by atoms with Crippen molar-refractivity contribution < 1.29 is 0 Å². The van der Waals surface area contributed by atoms with Crippen LogP contribution in [0.4, 0.5) is 11.6 Å². The lowest BCUT2D eigenvalue weighted by molar-refractivity contribution is 0.763. The van der Waals surface area contributed by atoms with Gasteiger partial charge in [0.15, 0.2) is 5.65 Å². The maximum atomic E-state index is 14.2. The van der Waals surface area contributed by atoms with E-state index >= 15 is 0 Å². The molecule has 0 amide bonds. The number of allylic oxidation sites excluding steroid dienone is 4. The molecule has 0 radical (unpaired) electrons. The molecule has 7 rings (SSSR count). The normalized spacial score (nSPS) is 16.3. The number of rotatable bonds is 6. The molecule has 2 N–H and O–H groups in total. The molecule has 3 aromatic carbocycles. The van der Waals surface area contributed by atoms with Crippen LogP contribution in [-0.2, 0) is 0 Å². The molecule has 1 unspecified atom stereocenters. The van der Waals surface area contributed by atoms with Crippen LogP contribution in [0.3, 0.4) is 0 Å². The number of anilines is 2. The highest BCUT2D eigenvalue weighted by atomic mass is 16.1. The van der Waals surface area contributed by atoms with E-state index in [-0.39, 0.29) is 5.56 Å². The second-order valence-corrected chi connectivity index (χ2v) is 10.8. The Morgan fingerprint density at radius 3 is 2.56 bits per heavy atom. The van der Waals surface area contributed by atoms with E-state index in [0.717, 1.165) is 53.0 Å². The third-order valence-corrected chi connectivity index (χ3v) is 8.08. The Hall–Kier alpha value is -4.81.